The summed E-state index contributed by atoms with van der Waals surface area (Å²) in [6, 6.07) is 21.6. The van der Waals surface area contributed by atoms with Crippen molar-refractivity contribution in [1.29, 1.82) is 5.26 Å². The van der Waals surface area contributed by atoms with Gasteiger partial charge in [-0.15, -0.1) is 5.92 Å². The van der Waals surface area contributed by atoms with Crippen LogP contribution < -0.4 is 0 Å². The fourth-order valence-corrected chi connectivity index (χ4v) is 3.20. The Morgan fingerprint density at radius 3 is 2.62 bits per heavy atom. The van der Waals surface area contributed by atoms with E-state index in [9.17, 15) is 0 Å². The molecule has 2 heteroatoms. The van der Waals surface area contributed by atoms with Crippen molar-refractivity contribution < 1.29 is 0 Å². The Bertz CT molecular complexity index is 762. The third-order valence-corrected chi connectivity index (χ3v) is 4.44. The van der Waals surface area contributed by atoms with Crippen molar-refractivity contribution in [3.63, 3.8) is 0 Å². The molecule has 120 valence electrons. The van der Waals surface area contributed by atoms with Gasteiger partial charge in [0, 0.05) is 25.9 Å². The fourth-order valence-electron chi connectivity index (χ4n) is 3.20. The van der Waals surface area contributed by atoms with E-state index in [0.29, 0.717) is 6.42 Å². The molecule has 2 aromatic rings. The average molecular weight is 314 g/mol. The summed E-state index contributed by atoms with van der Waals surface area (Å²) in [7, 11) is 0. The van der Waals surface area contributed by atoms with Gasteiger partial charge in [-0.1, -0.05) is 60.5 Å². The summed E-state index contributed by atoms with van der Waals surface area (Å²) < 4.78 is 0. The van der Waals surface area contributed by atoms with E-state index in [4.69, 9.17) is 5.26 Å². The summed E-state index contributed by atoms with van der Waals surface area (Å²) >= 11 is 0. The second-order valence-corrected chi connectivity index (χ2v) is 6.14. The molecule has 0 amide bonds. The lowest BCUT2D eigenvalue weighted by Gasteiger charge is -2.34. The minimum absolute atomic E-state index is 0.150. The van der Waals surface area contributed by atoms with Gasteiger partial charge in [-0.05, 0) is 29.5 Å². The second kappa shape index (κ2) is 8.34. The van der Waals surface area contributed by atoms with Crippen molar-refractivity contribution in [2.45, 2.75) is 38.3 Å². The number of nitrogens with zero attached hydrogens (tertiary/aromatic N) is 2. The maximum absolute atomic E-state index is 8.64. The molecule has 0 saturated carbocycles. The van der Waals surface area contributed by atoms with Gasteiger partial charge in [0.1, 0.15) is 0 Å². The fraction of sp³-hybridized carbons (Fsp3) is 0.318. The predicted molar refractivity (Wildman–Crippen MR) is 97.0 cm³/mol. The molecule has 1 aliphatic heterocycles. The topological polar surface area (TPSA) is 27.0 Å². The Labute approximate surface area is 144 Å². The molecule has 2 aromatic carbocycles. The molecule has 0 N–H and O–H groups in total. The highest BCUT2D eigenvalue weighted by Crippen LogP contribution is 2.30. The molecule has 0 aromatic heterocycles. The molecule has 0 fully saturated rings. The number of rotatable bonds is 4. The molecular formula is C22H22N2. The third-order valence-electron chi connectivity index (χ3n) is 4.44. The highest BCUT2D eigenvalue weighted by Gasteiger charge is 2.25. The summed E-state index contributed by atoms with van der Waals surface area (Å²) in [5.74, 6) is 6.78. The summed E-state index contributed by atoms with van der Waals surface area (Å²) in [4.78, 5) is 2.47. The van der Waals surface area contributed by atoms with Crippen LogP contribution in [0.5, 0.6) is 0 Å². The standard InChI is InChI=1S/C22H22N2/c23-16-9-2-1-6-14-22-21-13-8-7-12-20(21)15-17-24(22)18-19-10-4-3-5-11-19/h3-5,7-8,10-13,22H,1-2,9,15,17-18H2. The quantitative estimate of drug-likeness (QED) is 0.614. The number of fused-ring (bicyclic) bond motifs is 1. The van der Waals surface area contributed by atoms with Crippen LogP contribution in [-0.4, -0.2) is 11.4 Å². The van der Waals surface area contributed by atoms with E-state index in [-0.39, 0.29) is 6.04 Å². The largest absolute Gasteiger partial charge is 0.281 e. The minimum atomic E-state index is 0.150. The first-order chi connectivity index (χ1) is 11.9. The number of hydrogen-bond acceptors (Lipinski definition) is 2. The molecule has 0 aliphatic carbocycles. The van der Waals surface area contributed by atoms with Crippen molar-refractivity contribution in [3.8, 4) is 17.9 Å². The highest BCUT2D eigenvalue weighted by atomic mass is 15.2. The van der Waals surface area contributed by atoms with Crippen molar-refractivity contribution in [2.75, 3.05) is 6.54 Å². The maximum Gasteiger partial charge on any atom is 0.0976 e. The van der Waals surface area contributed by atoms with Crippen LogP contribution in [0.15, 0.2) is 54.6 Å². The highest BCUT2D eigenvalue weighted by molar-refractivity contribution is 5.37. The van der Waals surface area contributed by atoms with Gasteiger partial charge in [-0.25, -0.2) is 0 Å². The van der Waals surface area contributed by atoms with Crippen LogP contribution in [0.3, 0.4) is 0 Å². The molecule has 1 heterocycles. The Balaban J connectivity index is 1.80. The normalized spacial score (nSPS) is 16.5. The van der Waals surface area contributed by atoms with Crippen molar-refractivity contribution in [3.05, 3.63) is 71.3 Å². The van der Waals surface area contributed by atoms with Gasteiger partial charge in [0.2, 0.25) is 0 Å². The van der Waals surface area contributed by atoms with Crippen molar-refractivity contribution >= 4 is 0 Å². The third kappa shape index (κ3) is 4.05. The van der Waals surface area contributed by atoms with Gasteiger partial charge < -0.3 is 0 Å². The minimum Gasteiger partial charge on any atom is -0.281 e. The van der Waals surface area contributed by atoms with E-state index < -0.39 is 0 Å². The number of hydrogen-bond donors (Lipinski definition) is 0. The van der Waals surface area contributed by atoms with Crippen LogP contribution in [0, 0.1) is 23.2 Å². The molecule has 3 rings (SSSR count). The van der Waals surface area contributed by atoms with Crippen LogP contribution in [-0.2, 0) is 13.0 Å². The van der Waals surface area contributed by atoms with Crippen LogP contribution in [0.4, 0.5) is 0 Å². The molecule has 2 nitrogen and oxygen atoms in total. The van der Waals surface area contributed by atoms with Gasteiger partial charge in [0.15, 0.2) is 0 Å². The predicted octanol–water partition coefficient (Wildman–Crippen LogP) is 4.48. The lowest BCUT2D eigenvalue weighted by molar-refractivity contribution is 0.216. The Kier molecular flexibility index (Phi) is 5.67. The zero-order valence-corrected chi connectivity index (χ0v) is 13.9. The van der Waals surface area contributed by atoms with Crippen molar-refractivity contribution in [1.82, 2.24) is 4.90 Å². The van der Waals surface area contributed by atoms with E-state index in [1.54, 1.807) is 0 Å². The maximum atomic E-state index is 8.64. The van der Waals surface area contributed by atoms with Gasteiger partial charge in [-0.3, -0.25) is 4.90 Å². The van der Waals surface area contributed by atoms with E-state index in [1.807, 2.05) is 0 Å². The van der Waals surface area contributed by atoms with Crippen LogP contribution in [0.25, 0.3) is 0 Å². The molecular weight excluding hydrogens is 292 g/mol. The van der Waals surface area contributed by atoms with E-state index in [2.05, 4.69) is 77.4 Å². The van der Waals surface area contributed by atoms with Gasteiger partial charge >= 0.3 is 0 Å². The molecule has 1 atom stereocenters. The average Bonchev–Trinajstić information content (AvgIpc) is 2.63. The summed E-state index contributed by atoms with van der Waals surface area (Å²) in [6.45, 7) is 1.95. The Morgan fingerprint density at radius 2 is 1.79 bits per heavy atom. The van der Waals surface area contributed by atoms with E-state index >= 15 is 0 Å². The van der Waals surface area contributed by atoms with Crippen LogP contribution >= 0.6 is 0 Å². The first-order valence-corrected chi connectivity index (χ1v) is 8.59. The van der Waals surface area contributed by atoms with Gasteiger partial charge in [-0.2, -0.15) is 5.26 Å². The number of nitriles is 1. The molecule has 0 bridgehead atoms. The zero-order valence-electron chi connectivity index (χ0n) is 13.9. The molecule has 1 aliphatic rings. The SMILES string of the molecule is N#CCCCC#CC1c2ccccc2CCN1Cc1ccccc1. The first kappa shape index (κ1) is 16.3. The van der Waals surface area contributed by atoms with Gasteiger partial charge in [0.25, 0.3) is 0 Å². The van der Waals surface area contributed by atoms with Crippen molar-refractivity contribution in [2.24, 2.45) is 0 Å². The number of benzene rings is 2. The lowest BCUT2D eigenvalue weighted by Crippen LogP contribution is -2.34. The second-order valence-electron chi connectivity index (χ2n) is 6.14. The van der Waals surface area contributed by atoms with Gasteiger partial charge in [0.05, 0.1) is 12.1 Å². The molecule has 0 saturated heterocycles. The first-order valence-electron chi connectivity index (χ1n) is 8.59. The van der Waals surface area contributed by atoms with E-state index in [0.717, 1.165) is 32.4 Å². The van der Waals surface area contributed by atoms with E-state index in [1.165, 1.54) is 16.7 Å². The zero-order chi connectivity index (χ0) is 16.6. The molecule has 0 spiro atoms. The number of unbranched alkanes of at least 4 members (excludes halogenated alkanes) is 2. The molecule has 24 heavy (non-hydrogen) atoms. The summed E-state index contributed by atoms with van der Waals surface area (Å²) in [6.07, 6.45) is 3.32. The summed E-state index contributed by atoms with van der Waals surface area (Å²) in [5.41, 5.74) is 4.08. The molecule has 1 unspecified atom stereocenters. The monoisotopic (exact) mass is 314 g/mol. The smallest absolute Gasteiger partial charge is 0.0976 e. The summed E-state index contributed by atoms with van der Waals surface area (Å²) in [5, 5.41) is 8.64. The van der Waals surface area contributed by atoms with Crippen LogP contribution in [0.2, 0.25) is 0 Å². The molecule has 0 radical (unpaired) electrons. The van der Waals surface area contributed by atoms with Crippen LogP contribution in [0.1, 0.15) is 42.0 Å². The Hall–Kier alpha value is -2.55. The Morgan fingerprint density at radius 1 is 1.00 bits per heavy atom. The lowest BCUT2D eigenvalue weighted by atomic mass is 9.92.